The van der Waals surface area contributed by atoms with Gasteiger partial charge in [-0.15, -0.1) is 0 Å². The van der Waals surface area contributed by atoms with E-state index in [-0.39, 0.29) is 17.6 Å². The Kier molecular flexibility index (Phi) is 2.52. The lowest BCUT2D eigenvalue weighted by molar-refractivity contribution is 0.0524. The molecule has 0 spiro atoms. The summed E-state index contributed by atoms with van der Waals surface area (Å²) in [6.45, 7) is 3.63. The molecule has 0 aliphatic rings. The standard InChI is InChI=1S/C11H12N2O3/c1-3-16-11(15)8-6(2)13-10-7(9(8)14)4-5-12-10/h4-5H,3H2,1-2H3,(H2,12,13,14). The lowest BCUT2D eigenvalue weighted by atomic mass is 10.1. The maximum Gasteiger partial charge on any atom is 0.343 e. The number of hydrogen-bond acceptors (Lipinski definition) is 3. The smallest absolute Gasteiger partial charge is 0.343 e. The zero-order valence-corrected chi connectivity index (χ0v) is 9.09. The van der Waals surface area contributed by atoms with Gasteiger partial charge < -0.3 is 14.7 Å². The summed E-state index contributed by atoms with van der Waals surface area (Å²) in [5.41, 5.74) is 0.911. The molecule has 16 heavy (non-hydrogen) atoms. The first-order chi connectivity index (χ1) is 7.65. The average molecular weight is 220 g/mol. The third-order valence-corrected chi connectivity index (χ3v) is 2.39. The van der Waals surface area contributed by atoms with E-state index in [1.807, 2.05) is 0 Å². The monoisotopic (exact) mass is 220 g/mol. The maximum absolute atomic E-state index is 12.0. The molecule has 0 radical (unpaired) electrons. The highest BCUT2D eigenvalue weighted by molar-refractivity contribution is 5.94. The van der Waals surface area contributed by atoms with Crippen LogP contribution in [0.3, 0.4) is 0 Å². The third kappa shape index (κ3) is 1.50. The van der Waals surface area contributed by atoms with Gasteiger partial charge in [-0.1, -0.05) is 0 Å². The van der Waals surface area contributed by atoms with Crippen LogP contribution in [0.5, 0.6) is 0 Å². The van der Waals surface area contributed by atoms with Gasteiger partial charge in [0.05, 0.1) is 12.0 Å². The van der Waals surface area contributed by atoms with E-state index in [9.17, 15) is 9.59 Å². The molecule has 0 bridgehead atoms. The van der Waals surface area contributed by atoms with Crippen LogP contribution in [0.15, 0.2) is 17.1 Å². The number of carbonyl (C=O) groups is 1. The lowest BCUT2D eigenvalue weighted by Gasteiger charge is -2.04. The van der Waals surface area contributed by atoms with Gasteiger partial charge in [0.1, 0.15) is 11.2 Å². The van der Waals surface area contributed by atoms with Crippen molar-refractivity contribution in [2.45, 2.75) is 13.8 Å². The lowest BCUT2D eigenvalue weighted by Crippen LogP contribution is -2.20. The zero-order chi connectivity index (χ0) is 11.7. The molecular formula is C11H12N2O3. The zero-order valence-electron chi connectivity index (χ0n) is 9.09. The van der Waals surface area contributed by atoms with E-state index in [0.29, 0.717) is 16.7 Å². The molecule has 2 rings (SSSR count). The van der Waals surface area contributed by atoms with Crippen LogP contribution in [0.25, 0.3) is 11.0 Å². The second kappa shape index (κ2) is 3.84. The van der Waals surface area contributed by atoms with Gasteiger partial charge >= 0.3 is 5.97 Å². The number of pyridine rings is 1. The Bertz CT molecular complexity index is 595. The number of aromatic nitrogens is 2. The fourth-order valence-electron chi connectivity index (χ4n) is 1.67. The summed E-state index contributed by atoms with van der Waals surface area (Å²) in [7, 11) is 0. The van der Waals surface area contributed by atoms with E-state index in [4.69, 9.17) is 4.74 Å². The van der Waals surface area contributed by atoms with Crippen molar-refractivity contribution in [3.05, 3.63) is 33.7 Å². The van der Waals surface area contributed by atoms with Crippen molar-refractivity contribution in [1.82, 2.24) is 9.97 Å². The summed E-state index contributed by atoms with van der Waals surface area (Å²) in [5, 5.41) is 0.466. The van der Waals surface area contributed by atoms with E-state index in [1.165, 1.54) is 0 Å². The average Bonchev–Trinajstić information content (AvgIpc) is 2.66. The Hall–Kier alpha value is -2.04. The maximum atomic E-state index is 12.0. The Labute approximate surface area is 91.4 Å². The number of H-pyrrole nitrogens is 2. The summed E-state index contributed by atoms with van der Waals surface area (Å²) in [5.74, 6) is -0.579. The van der Waals surface area contributed by atoms with E-state index in [0.717, 1.165) is 0 Å². The Morgan fingerprint density at radius 1 is 1.50 bits per heavy atom. The number of aromatic amines is 2. The van der Waals surface area contributed by atoms with Crippen LogP contribution in [-0.4, -0.2) is 22.5 Å². The van der Waals surface area contributed by atoms with E-state index in [2.05, 4.69) is 9.97 Å². The van der Waals surface area contributed by atoms with Crippen LogP contribution in [0.4, 0.5) is 0 Å². The van der Waals surface area contributed by atoms with E-state index < -0.39 is 5.97 Å². The Morgan fingerprint density at radius 2 is 2.25 bits per heavy atom. The topological polar surface area (TPSA) is 75.0 Å². The minimum atomic E-state index is -0.579. The molecule has 2 aromatic rings. The molecule has 2 heterocycles. The van der Waals surface area contributed by atoms with Crippen LogP contribution in [0, 0.1) is 6.92 Å². The molecule has 0 aliphatic heterocycles. The Morgan fingerprint density at radius 3 is 2.94 bits per heavy atom. The first-order valence-electron chi connectivity index (χ1n) is 5.02. The third-order valence-electron chi connectivity index (χ3n) is 2.39. The SMILES string of the molecule is CCOC(=O)c1c(C)[nH]c2[nH]ccc2c1=O. The summed E-state index contributed by atoms with van der Waals surface area (Å²) in [6.07, 6.45) is 1.65. The van der Waals surface area contributed by atoms with Gasteiger partial charge in [-0.05, 0) is 19.9 Å². The van der Waals surface area contributed by atoms with Crippen molar-refractivity contribution in [2.24, 2.45) is 0 Å². The van der Waals surface area contributed by atoms with Crippen LogP contribution in [0.1, 0.15) is 23.0 Å². The van der Waals surface area contributed by atoms with Gasteiger partial charge in [-0.3, -0.25) is 4.79 Å². The molecule has 0 aliphatic carbocycles. The highest BCUT2D eigenvalue weighted by Gasteiger charge is 2.17. The van der Waals surface area contributed by atoms with Gasteiger partial charge in [0.2, 0.25) is 5.43 Å². The molecule has 0 unspecified atom stereocenters. The quantitative estimate of drug-likeness (QED) is 0.750. The fourth-order valence-corrected chi connectivity index (χ4v) is 1.67. The molecule has 0 atom stereocenters. The number of ether oxygens (including phenoxy) is 1. The summed E-state index contributed by atoms with van der Waals surface area (Å²) >= 11 is 0. The van der Waals surface area contributed by atoms with Gasteiger partial charge in [0.25, 0.3) is 0 Å². The van der Waals surface area contributed by atoms with Gasteiger partial charge in [0.15, 0.2) is 0 Å². The van der Waals surface area contributed by atoms with Crippen molar-refractivity contribution >= 4 is 17.0 Å². The molecule has 5 nitrogen and oxygen atoms in total. The summed E-state index contributed by atoms with van der Waals surface area (Å²) in [6, 6.07) is 1.64. The predicted octanol–water partition coefficient (Wildman–Crippen LogP) is 1.34. The molecule has 84 valence electrons. The van der Waals surface area contributed by atoms with Crippen molar-refractivity contribution in [1.29, 1.82) is 0 Å². The second-order valence-electron chi connectivity index (χ2n) is 3.44. The fraction of sp³-hybridized carbons (Fsp3) is 0.273. The number of aryl methyl sites for hydroxylation is 1. The predicted molar refractivity (Wildman–Crippen MR) is 59.6 cm³/mol. The van der Waals surface area contributed by atoms with E-state index >= 15 is 0 Å². The number of carbonyl (C=O) groups excluding carboxylic acids is 1. The van der Waals surface area contributed by atoms with Crippen LogP contribution < -0.4 is 5.43 Å². The number of rotatable bonds is 2. The molecule has 2 aromatic heterocycles. The van der Waals surface area contributed by atoms with Gasteiger partial charge in [-0.2, -0.15) is 0 Å². The molecular weight excluding hydrogens is 208 g/mol. The number of esters is 1. The summed E-state index contributed by atoms with van der Waals surface area (Å²) < 4.78 is 4.85. The van der Waals surface area contributed by atoms with Gasteiger partial charge in [-0.25, -0.2) is 4.79 Å². The van der Waals surface area contributed by atoms with Crippen molar-refractivity contribution in [2.75, 3.05) is 6.61 Å². The first-order valence-corrected chi connectivity index (χ1v) is 5.02. The highest BCUT2D eigenvalue weighted by atomic mass is 16.5. The minimum absolute atomic E-state index is 0.0777. The minimum Gasteiger partial charge on any atom is -0.462 e. The number of nitrogens with one attached hydrogen (secondary N) is 2. The van der Waals surface area contributed by atoms with Crippen LogP contribution in [0.2, 0.25) is 0 Å². The summed E-state index contributed by atoms with van der Waals surface area (Å²) in [4.78, 5) is 29.4. The largest absolute Gasteiger partial charge is 0.462 e. The highest BCUT2D eigenvalue weighted by Crippen LogP contribution is 2.10. The Balaban J connectivity index is 2.69. The normalized spacial score (nSPS) is 10.6. The van der Waals surface area contributed by atoms with E-state index in [1.54, 1.807) is 26.1 Å². The van der Waals surface area contributed by atoms with Crippen LogP contribution >= 0.6 is 0 Å². The second-order valence-corrected chi connectivity index (χ2v) is 3.44. The first kappa shape index (κ1) is 10.5. The molecule has 2 N–H and O–H groups in total. The van der Waals surface area contributed by atoms with Crippen molar-refractivity contribution in [3.63, 3.8) is 0 Å². The molecule has 0 fully saturated rings. The van der Waals surface area contributed by atoms with Crippen LogP contribution in [-0.2, 0) is 4.74 Å². The van der Waals surface area contributed by atoms with Crippen molar-refractivity contribution < 1.29 is 9.53 Å². The molecule has 0 saturated carbocycles. The number of hydrogen-bond donors (Lipinski definition) is 2. The van der Waals surface area contributed by atoms with Crippen molar-refractivity contribution in [3.8, 4) is 0 Å². The molecule has 0 aromatic carbocycles. The molecule has 0 saturated heterocycles. The molecule has 5 heteroatoms. The number of fused-ring (bicyclic) bond motifs is 1. The van der Waals surface area contributed by atoms with Gasteiger partial charge in [0, 0.05) is 11.9 Å². The molecule has 0 amide bonds.